The zero-order valence-electron chi connectivity index (χ0n) is 16.3. The number of rotatable bonds is 7. The van der Waals surface area contributed by atoms with Gasteiger partial charge >= 0.3 is 0 Å². The molecule has 0 spiro atoms. The van der Waals surface area contributed by atoms with Crippen LogP contribution in [0.4, 0.5) is 0 Å². The van der Waals surface area contributed by atoms with Crippen molar-refractivity contribution in [2.24, 2.45) is 0 Å². The van der Waals surface area contributed by atoms with E-state index in [0.29, 0.717) is 0 Å². The SMILES string of the molecule is C=C(NNC(c1ccccc1)(c1ccccc1)c1ccccc1)c1ccccc1. The Morgan fingerprint density at radius 2 is 0.862 bits per heavy atom. The second-order valence-electron chi connectivity index (χ2n) is 6.94. The molecule has 142 valence electrons. The molecular weight excluding hydrogens is 352 g/mol. The first-order chi connectivity index (χ1) is 14.3. The third-order valence-electron chi connectivity index (χ3n) is 5.14. The standard InChI is InChI=1S/C27H24N2/c1-22(23-14-6-2-7-15-23)28-29-27(24-16-8-3-9-17-24,25-18-10-4-11-19-25)26-20-12-5-13-21-26/h2-21,28-29H,1H2. The molecule has 0 amide bonds. The molecule has 0 aliphatic rings. The minimum absolute atomic E-state index is 0.582. The Labute approximate surface area is 172 Å². The average Bonchev–Trinajstić information content (AvgIpc) is 2.82. The quantitative estimate of drug-likeness (QED) is 0.317. The van der Waals surface area contributed by atoms with Crippen LogP contribution in [0.15, 0.2) is 128 Å². The Bertz CT molecular complexity index is 946. The van der Waals surface area contributed by atoms with E-state index in [-0.39, 0.29) is 0 Å². The van der Waals surface area contributed by atoms with Crippen LogP contribution < -0.4 is 10.9 Å². The van der Waals surface area contributed by atoms with Gasteiger partial charge in [0, 0.05) is 5.70 Å². The molecule has 0 aliphatic carbocycles. The Morgan fingerprint density at radius 1 is 0.517 bits per heavy atom. The number of nitrogens with one attached hydrogen (secondary N) is 2. The van der Waals surface area contributed by atoms with Crippen molar-refractivity contribution in [2.45, 2.75) is 5.54 Å². The molecule has 0 saturated carbocycles. The van der Waals surface area contributed by atoms with Crippen molar-refractivity contribution in [3.63, 3.8) is 0 Å². The van der Waals surface area contributed by atoms with Crippen molar-refractivity contribution in [1.29, 1.82) is 0 Å². The van der Waals surface area contributed by atoms with Crippen molar-refractivity contribution < 1.29 is 0 Å². The molecule has 0 aromatic heterocycles. The van der Waals surface area contributed by atoms with Gasteiger partial charge < -0.3 is 5.43 Å². The molecule has 4 rings (SSSR count). The van der Waals surface area contributed by atoms with Gasteiger partial charge in [0.1, 0.15) is 5.54 Å². The molecule has 0 bridgehead atoms. The fraction of sp³-hybridized carbons (Fsp3) is 0.0370. The predicted molar refractivity (Wildman–Crippen MR) is 121 cm³/mol. The van der Waals surface area contributed by atoms with E-state index in [4.69, 9.17) is 0 Å². The van der Waals surface area contributed by atoms with E-state index < -0.39 is 5.54 Å². The lowest BCUT2D eigenvalue weighted by Crippen LogP contribution is -2.50. The van der Waals surface area contributed by atoms with Crippen LogP contribution >= 0.6 is 0 Å². The van der Waals surface area contributed by atoms with Crippen LogP contribution in [0.5, 0.6) is 0 Å². The van der Waals surface area contributed by atoms with Crippen LogP contribution in [-0.4, -0.2) is 0 Å². The lowest BCUT2D eigenvalue weighted by molar-refractivity contribution is 0.441. The molecule has 0 saturated heterocycles. The molecule has 0 fully saturated rings. The Morgan fingerprint density at radius 3 is 1.24 bits per heavy atom. The van der Waals surface area contributed by atoms with Gasteiger partial charge in [-0.1, -0.05) is 128 Å². The summed E-state index contributed by atoms with van der Waals surface area (Å²) in [5.41, 5.74) is 11.7. The van der Waals surface area contributed by atoms with Gasteiger partial charge in [0.25, 0.3) is 0 Å². The van der Waals surface area contributed by atoms with Gasteiger partial charge in [-0.15, -0.1) is 0 Å². The third kappa shape index (κ3) is 3.84. The van der Waals surface area contributed by atoms with Gasteiger partial charge in [0.15, 0.2) is 0 Å². The Kier molecular flexibility index (Phi) is 5.55. The molecule has 0 unspecified atom stereocenters. The molecule has 2 nitrogen and oxygen atoms in total. The van der Waals surface area contributed by atoms with E-state index in [0.717, 1.165) is 28.0 Å². The molecule has 0 heterocycles. The van der Waals surface area contributed by atoms with Crippen molar-refractivity contribution in [1.82, 2.24) is 10.9 Å². The summed E-state index contributed by atoms with van der Waals surface area (Å²) < 4.78 is 0. The van der Waals surface area contributed by atoms with Crippen LogP contribution in [0.2, 0.25) is 0 Å². The normalized spacial score (nSPS) is 11.0. The second-order valence-corrected chi connectivity index (χ2v) is 6.94. The number of hydrogen-bond donors (Lipinski definition) is 2. The zero-order valence-corrected chi connectivity index (χ0v) is 16.3. The van der Waals surface area contributed by atoms with Crippen LogP contribution in [0.1, 0.15) is 22.3 Å². The summed E-state index contributed by atoms with van der Waals surface area (Å²) in [7, 11) is 0. The molecule has 0 radical (unpaired) electrons. The highest BCUT2D eigenvalue weighted by atomic mass is 15.4. The first kappa shape index (κ1) is 18.7. The summed E-state index contributed by atoms with van der Waals surface area (Å²) in [6.45, 7) is 4.24. The molecule has 0 aliphatic heterocycles. The van der Waals surface area contributed by atoms with Gasteiger partial charge in [-0.3, -0.25) is 0 Å². The highest BCUT2D eigenvalue weighted by molar-refractivity contribution is 5.61. The second kappa shape index (κ2) is 8.59. The summed E-state index contributed by atoms with van der Waals surface area (Å²) >= 11 is 0. The van der Waals surface area contributed by atoms with E-state index >= 15 is 0 Å². The first-order valence-corrected chi connectivity index (χ1v) is 9.75. The summed E-state index contributed by atoms with van der Waals surface area (Å²) in [6, 6.07) is 41.6. The zero-order chi connectivity index (χ0) is 19.9. The topological polar surface area (TPSA) is 24.1 Å². The molecule has 29 heavy (non-hydrogen) atoms. The lowest BCUT2D eigenvalue weighted by atomic mass is 9.77. The molecule has 2 heteroatoms. The van der Waals surface area contributed by atoms with Gasteiger partial charge in [0.2, 0.25) is 0 Å². The number of benzene rings is 4. The first-order valence-electron chi connectivity index (χ1n) is 9.75. The lowest BCUT2D eigenvalue weighted by Gasteiger charge is -2.37. The minimum atomic E-state index is -0.582. The largest absolute Gasteiger partial charge is 0.320 e. The summed E-state index contributed by atoms with van der Waals surface area (Å²) in [4.78, 5) is 0. The van der Waals surface area contributed by atoms with Crippen LogP contribution in [0, 0.1) is 0 Å². The predicted octanol–water partition coefficient (Wildman–Crippen LogP) is 5.74. The number of hydrazine groups is 1. The third-order valence-corrected chi connectivity index (χ3v) is 5.14. The summed E-state index contributed by atoms with van der Waals surface area (Å²) in [5.74, 6) is 0. The maximum absolute atomic E-state index is 4.24. The van der Waals surface area contributed by atoms with E-state index in [1.54, 1.807) is 0 Å². The van der Waals surface area contributed by atoms with Crippen molar-refractivity contribution in [2.75, 3.05) is 0 Å². The van der Waals surface area contributed by atoms with Gasteiger partial charge in [-0.2, -0.15) is 0 Å². The van der Waals surface area contributed by atoms with Crippen LogP contribution in [0.25, 0.3) is 5.70 Å². The van der Waals surface area contributed by atoms with Crippen LogP contribution in [0.3, 0.4) is 0 Å². The molecule has 4 aromatic rings. The molecule has 0 atom stereocenters. The maximum atomic E-state index is 4.24. The number of hydrogen-bond acceptors (Lipinski definition) is 2. The highest BCUT2D eigenvalue weighted by Crippen LogP contribution is 2.36. The maximum Gasteiger partial charge on any atom is 0.112 e. The monoisotopic (exact) mass is 376 g/mol. The minimum Gasteiger partial charge on any atom is -0.320 e. The Hall–Kier alpha value is -3.62. The van der Waals surface area contributed by atoms with E-state index in [1.807, 2.05) is 48.5 Å². The van der Waals surface area contributed by atoms with Crippen molar-refractivity contribution >= 4 is 5.70 Å². The smallest absolute Gasteiger partial charge is 0.112 e. The van der Waals surface area contributed by atoms with Crippen LogP contribution in [-0.2, 0) is 5.54 Å². The van der Waals surface area contributed by atoms with Gasteiger partial charge in [-0.05, 0) is 22.3 Å². The van der Waals surface area contributed by atoms with E-state index in [2.05, 4.69) is 90.2 Å². The van der Waals surface area contributed by atoms with E-state index in [9.17, 15) is 0 Å². The summed E-state index contributed by atoms with van der Waals surface area (Å²) in [5, 5.41) is 0. The highest BCUT2D eigenvalue weighted by Gasteiger charge is 2.36. The fourth-order valence-corrected chi connectivity index (χ4v) is 3.66. The summed E-state index contributed by atoms with van der Waals surface area (Å²) in [6.07, 6.45) is 0. The van der Waals surface area contributed by atoms with Gasteiger partial charge in [-0.25, -0.2) is 5.43 Å². The molecule has 4 aromatic carbocycles. The van der Waals surface area contributed by atoms with Crippen molar-refractivity contribution in [3.05, 3.63) is 150 Å². The fourth-order valence-electron chi connectivity index (χ4n) is 3.66. The Balaban J connectivity index is 1.83. The van der Waals surface area contributed by atoms with Crippen molar-refractivity contribution in [3.8, 4) is 0 Å². The van der Waals surface area contributed by atoms with Gasteiger partial charge in [0.05, 0.1) is 0 Å². The molecular formula is C27H24N2. The van der Waals surface area contributed by atoms with E-state index in [1.165, 1.54) is 0 Å². The molecule has 2 N–H and O–H groups in total. The average molecular weight is 377 g/mol.